The van der Waals surface area contributed by atoms with Crippen LogP contribution in [0.3, 0.4) is 0 Å². The van der Waals surface area contributed by atoms with Crippen molar-refractivity contribution >= 4 is 11.8 Å². The summed E-state index contributed by atoms with van der Waals surface area (Å²) < 4.78 is 5.10. The number of nitrogens with zero attached hydrogens (tertiary/aromatic N) is 1. The molecule has 1 N–H and O–H groups in total. The van der Waals surface area contributed by atoms with Gasteiger partial charge in [0.15, 0.2) is 0 Å². The maximum atomic E-state index is 12.2. The predicted molar refractivity (Wildman–Crippen MR) is 84.4 cm³/mol. The SMILES string of the molecule is COc1ccc(CNC(=O)[C@H]2CC(=O)N(C(C)(C)C)C2)cc1. The molecule has 1 aliphatic heterocycles. The molecule has 5 heteroatoms. The van der Waals surface area contributed by atoms with E-state index in [1.165, 1.54) is 0 Å². The minimum absolute atomic E-state index is 0.0529. The number of hydrogen-bond acceptors (Lipinski definition) is 3. The van der Waals surface area contributed by atoms with Crippen molar-refractivity contribution in [3.8, 4) is 5.75 Å². The Morgan fingerprint density at radius 2 is 1.95 bits per heavy atom. The lowest BCUT2D eigenvalue weighted by Crippen LogP contribution is -2.43. The Morgan fingerprint density at radius 3 is 2.45 bits per heavy atom. The van der Waals surface area contributed by atoms with Crippen molar-refractivity contribution in [3.05, 3.63) is 29.8 Å². The first kappa shape index (κ1) is 16.3. The average molecular weight is 304 g/mol. The zero-order valence-corrected chi connectivity index (χ0v) is 13.7. The molecule has 1 aliphatic rings. The number of carbonyl (C=O) groups excluding carboxylic acids is 2. The van der Waals surface area contributed by atoms with E-state index in [1.54, 1.807) is 12.0 Å². The molecule has 120 valence electrons. The van der Waals surface area contributed by atoms with Gasteiger partial charge >= 0.3 is 0 Å². The van der Waals surface area contributed by atoms with Crippen LogP contribution in [0.15, 0.2) is 24.3 Å². The molecule has 22 heavy (non-hydrogen) atoms. The summed E-state index contributed by atoms with van der Waals surface area (Å²) in [6, 6.07) is 7.56. The summed E-state index contributed by atoms with van der Waals surface area (Å²) in [6.45, 7) is 6.92. The molecule has 0 radical (unpaired) electrons. The maximum absolute atomic E-state index is 12.2. The van der Waals surface area contributed by atoms with Crippen molar-refractivity contribution in [2.24, 2.45) is 5.92 Å². The average Bonchev–Trinajstić information content (AvgIpc) is 2.87. The van der Waals surface area contributed by atoms with Crippen LogP contribution in [0.2, 0.25) is 0 Å². The van der Waals surface area contributed by atoms with Gasteiger partial charge in [-0.25, -0.2) is 0 Å². The minimum atomic E-state index is -0.259. The molecule has 5 nitrogen and oxygen atoms in total. The molecule has 1 atom stereocenters. The van der Waals surface area contributed by atoms with Crippen LogP contribution in [0.1, 0.15) is 32.8 Å². The van der Waals surface area contributed by atoms with E-state index in [0.29, 0.717) is 19.5 Å². The number of likely N-dealkylation sites (tertiary alicyclic amines) is 1. The van der Waals surface area contributed by atoms with Crippen LogP contribution in [-0.2, 0) is 16.1 Å². The Hall–Kier alpha value is -2.04. The van der Waals surface area contributed by atoms with Crippen LogP contribution in [-0.4, -0.2) is 35.9 Å². The van der Waals surface area contributed by atoms with Crippen LogP contribution in [0.4, 0.5) is 0 Å². The summed E-state index contributed by atoms with van der Waals surface area (Å²) >= 11 is 0. The van der Waals surface area contributed by atoms with Crippen molar-refractivity contribution in [1.82, 2.24) is 10.2 Å². The number of nitrogens with one attached hydrogen (secondary N) is 1. The second-order valence-electron chi connectivity index (χ2n) is 6.64. The van der Waals surface area contributed by atoms with Gasteiger partial charge in [0.05, 0.1) is 13.0 Å². The van der Waals surface area contributed by atoms with Gasteiger partial charge in [-0.1, -0.05) is 12.1 Å². The van der Waals surface area contributed by atoms with E-state index in [2.05, 4.69) is 5.32 Å². The van der Waals surface area contributed by atoms with Gasteiger partial charge in [0.25, 0.3) is 0 Å². The fourth-order valence-corrected chi connectivity index (χ4v) is 2.61. The van der Waals surface area contributed by atoms with Crippen LogP contribution in [0.5, 0.6) is 5.75 Å². The Kier molecular flexibility index (Phi) is 4.74. The molecule has 0 saturated carbocycles. The van der Waals surface area contributed by atoms with Gasteiger partial charge in [-0.2, -0.15) is 0 Å². The van der Waals surface area contributed by atoms with Crippen LogP contribution < -0.4 is 10.1 Å². The first-order valence-corrected chi connectivity index (χ1v) is 7.52. The third-order valence-electron chi connectivity index (χ3n) is 3.93. The second-order valence-corrected chi connectivity index (χ2v) is 6.64. The van der Waals surface area contributed by atoms with Gasteiger partial charge in [0.1, 0.15) is 5.75 Å². The van der Waals surface area contributed by atoms with E-state index in [4.69, 9.17) is 4.74 Å². The van der Waals surface area contributed by atoms with Crippen molar-refractivity contribution < 1.29 is 14.3 Å². The van der Waals surface area contributed by atoms with Gasteiger partial charge in [-0.05, 0) is 38.5 Å². The summed E-state index contributed by atoms with van der Waals surface area (Å²) in [7, 11) is 1.62. The van der Waals surface area contributed by atoms with Crippen LogP contribution in [0.25, 0.3) is 0 Å². The van der Waals surface area contributed by atoms with Crippen molar-refractivity contribution in [2.45, 2.75) is 39.3 Å². The van der Waals surface area contributed by atoms with E-state index in [-0.39, 0.29) is 23.3 Å². The number of ether oxygens (including phenoxy) is 1. The van der Waals surface area contributed by atoms with E-state index >= 15 is 0 Å². The molecule has 0 bridgehead atoms. The highest BCUT2D eigenvalue weighted by Gasteiger charge is 2.39. The first-order chi connectivity index (χ1) is 10.3. The quantitative estimate of drug-likeness (QED) is 0.925. The second kappa shape index (κ2) is 6.38. The summed E-state index contributed by atoms with van der Waals surface area (Å²) in [6.07, 6.45) is 0.297. The standard InChI is InChI=1S/C17H24N2O3/c1-17(2,3)19-11-13(9-15(19)20)16(21)18-10-12-5-7-14(22-4)8-6-12/h5-8,13H,9-11H2,1-4H3,(H,18,21)/t13-/m0/s1. The third kappa shape index (κ3) is 3.78. The highest BCUT2D eigenvalue weighted by Crippen LogP contribution is 2.25. The number of rotatable bonds is 4. The van der Waals surface area contributed by atoms with Crippen LogP contribution in [0, 0.1) is 5.92 Å². The Morgan fingerprint density at radius 1 is 1.32 bits per heavy atom. The summed E-state index contributed by atoms with van der Waals surface area (Å²) in [5, 5.41) is 2.91. The van der Waals surface area contributed by atoms with Gasteiger partial charge in [0.2, 0.25) is 11.8 Å². The predicted octanol–water partition coefficient (Wildman–Crippen LogP) is 1.96. The zero-order chi connectivity index (χ0) is 16.3. The van der Waals surface area contributed by atoms with Gasteiger partial charge < -0.3 is 15.0 Å². The lowest BCUT2D eigenvalue weighted by molar-refractivity contribution is -0.132. The number of carbonyl (C=O) groups is 2. The zero-order valence-electron chi connectivity index (χ0n) is 13.7. The maximum Gasteiger partial charge on any atom is 0.225 e. The highest BCUT2D eigenvalue weighted by molar-refractivity contribution is 5.89. The summed E-state index contributed by atoms with van der Waals surface area (Å²) in [5.74, 6) is 0.523. The number of hydrogen-bond donors (Lipinski definition) is 1. The molecule has 1 aromatic carbocycles. The fraction of sp³-hybridized carbons (Fsp3) is 0.529. The molecular weight excluding hydrogens is 280 g/mol. The minimum Gasteiger partial charge on any atom is -0.497 e. The molecule has 2 rings (SSSR count). The van der Waals surface area contributed by atoms with Crippen LogP contribution >= 0.6 is 0 Å². The Bertz CT molecular complexity index is 546. The van der Waals surface area contributed by atoms with Crippen molar-refractivity contribution in [1.29, 1.82) is 0 Å². The van der Waals surface area contributed by atoms with Gasteiger partial charge in [-0.15, -0.1) is 0 Å². The largest absolute Gasteiger partial charge is 0.497 e. The van der Waals surface area contributed by atoms with Crippen molar-refractivity contribution in [3.63, 3.8) is 0 Å². The first-order valence-electron chi connectivity index (χ1n) is 7.52. The topological polar surface area (TPSA) is 58.6 Å². The molecule has 1 aromatic rings. The Balaban J connectivity index is 1.89. The third-order valence-corrected chi connectivity index (χ3v) is 3.93. The molecule has 0 unspecified atom stereocenters. The number of methoxy groups -OCH3 is 1. The monoisotopic (exact) mass is 304 g/mol. The molecule has 0 aliphatic carbocycles. The lowest BCUT2D eigenvalue weighted by atomic mass is 10.1. The fourth-order valence-electron chi connectivity index (χ4n) is 2.61. The molecule has 1 saturated heterocycles. The van der Waals surface area contributed by atoms with E-state index in [0.717, 1.165) is 11.3 Å². The lowest BCUT2D eigenvalue weighted by Gasteiger charge is -2.31. The smallest absolute Gasteiger partial charge is 0.225 e. The van der Waals surface area contributed by atoms with Crippen molar-refractivity contribution in [2.75, 3.05) is 13.7 Å². The summed E-state index contributed by atoms with van der Waals surface area (Å²) in [5.41, 5.74) is 0.772. The number of amides is 2. The van der Waals surface area contributed by atoms with E-state index in [1.807, 2.05) is 45.0 Å². The molecule has 0 aromatic heterocycles. The van der Waals surface area contributed by atoms with E-state index < -0.39 is 0 Å². The number of benzene rings is 1. The normalized spacial score (nSPS) is 18.5. The highest BCUT2D eigenvalue weighted by atomic mass is 16.5. The molecule has 1 fully saturated rings. The molecule has 1 heterocycles. The van der Waals surface area contributed by atoms with E-state index in [9.17, 15) is 9.59 Å². The molecule has 2 amide bonds. The van der Waals surface area contributed by atoms with Gasteiger partial charge in [-0.3, -0.25) is 9.59 Å². The van der Waals surface area contributed by atoms with Gasteiger partial charge in [0, 0.05) is 25.0 Å². The summed E-state index contributed by atoms with van der Waals surface area (Å²) in [4.78, 5) is 26.0. The Labute approximate surface area is 131 Å². The molecule has 0 spiro atoms. The molecular formula is C17H24N2O3.